The fraction of sp³-hybridized carbons (Fsp3) is 0.0435. The van der Waals surface area contributed by atoms with Crippen LogP contribution in [0.3, 0.4) is 0 Å². The summed E-state index contributed by atoms with van der Waals surface area (Å²) >= 11 is 0. The van der Waals surface area contributed by atoms with E-state index in [2.05, 4.69) is 20.4 Å². The number of carbonyl (C=O) groups excluding carboxylic acids is 1. The van der Waals surface area contributed by atoms with E-state index in [1.807, 2.05) is 12.1 Å². The average molecular weight is 414 g/mol. The van der Waals surface area contributed by atoms with Crippen LogP contribution in [-0.2, 0) is 6.54 Å². The lowest BCUT2D eigenvalue weighted by Gasteiger charge is -2.05. The van der Waals surface area contributed by atoms with Gasteiger partial charge in [-0.3, -0.25) is 9.78 Å². The Hall–Kier alpha value is -4.33. The first-order valence-electron chi connectivity index (χ1n) is 9.46. The van der Waals surface area contributed by atoms with Crippen LogP contribution in [0.2, 0.25) is 0 Å². The highest BCUT2D eigenvalue weighted by Gasteiger charge is 2.17. The van der Waals surface area contributed by atoms with Gasteiger partial charge in [-0.25, -0.2) is 9.37 Å². The first-order chi connectivity index (χ1) is 15.2. The van der Waals surface area contributed by atoms with Gasteiger partial charge in [0.25, 0.3) is 5.91 Å². The van der Waals surface area contributed by atoms with Crippen LogP contribution < -0.4 is 5.32 Å². The zero-order chi connectivity index (χ0) is 21.2. The number of oxazole rings is 1. The highest BCUT2D eigenvalue weighted by Crippen LogP contribution is 2.30. The average Bonchev–Trinajstić information content (AvgIpc) is 3.45. The van der Waals surface area contributed by atoms with E-state index in [1.54, 1.807) is 42.7 Å². The van der Waals surface area contributed by atoms with Crippen molar-refractivity contribution in [3.8, 4) is 22.8 Å². The van der Waals surface area contributed by atoms with Crippen LogP contribution in [0.1, 0.15) is 15.9 Å². The summed E-state index contributed by atoms with van der Waals surface area (Å²) in [5, 5.41) is 7.58. The zero-order valence-electron chi connectivity index (χ0n) is 16.1. The number of benzene rings is 2. The Bertz CT molecular complexity index is 1360. The monoisotopic (exact) mass is 414 g/mol. The fourth-order valence-electron chi connectivity index (χ4n) is 3.16. The molecule has 0 aliphatic carbocycles. The van der Waals surface area contributed by atoms with Gasteiger partial charge in [0, 0.05) is 30.1 Å². The van der Waals surface area contributed by atoms with Crippen molar-refractivity contribution in [2.75, 3.05) is 0 Å². The molecule has 0 radical (unpaired) electrons. The molecule has 8 heteroatoms. The molecule has 0 unspecified atom stereocenters. The lowest BCUT2D eigenvalue weighted by atomic mass is 10.1. The molecule has 1 N–H and O–H groups in total. The van der Waals surface area contributed by atoms with Crippen LogP contribution in [-0.4, -0.2) is 21.0 Å². The maximum atomic E-state index is 13.2. The molecule has 0 aliphatic heterocycles. The molecule has 0 fully saturated rings. The number of amides is 1. The second-order valence-electron chi connectivity index (χ2n) is 6.83. The quantitative estimate of drug-likeness (QED) is 0.451. The molecule has 0 saturated heterocycles. The molecule has 0 aliphatic rings. The number of fused-ring (bicyclic) bond motifs is 1. The van der Waals surface area contributed by atoms with Gasteiger partial charge in [-0.05, 0) is 54.1 Å². The lowest BCUT2D eigenvalue weighted by Crippen LogP contribution is -2.22. The van der Waals surface area contributed by atoms with Gasteiger partial charge in [0.2, 0.25) is 5.89 Å². The minimum Gasteiger partial charge on any atom is -0.444 e. The number of nitrogens with zero attached hydrogens (tertiary/aromatic N) is 3. The molecule has 3 aromatic heterocycles. The molecule has 2 aromatic carbocycles. The summed E-state index contributed by atoms with van der Waals surface area (Å²) in [6.45, 7) is 0.367. The first kappa shape index (κ1) is 18.7. The van der Waals surface area contributed by atoms with E-state index in [0.717, 1.165) is 5.56 Å². The molecule has 7 nitrogen and oxygen atoms in total. The van der Waals surface area contributed by atoms with E-state index in [9.17, 15) is 9.18 Å². The first-order valence-corrected chi connectivity index (χ1v) is 9.46. The third-order valence-corrected chi connectivity index (χ3v) is 4.75. The molecule has 0 saturated carbocycles. The van der Waals surface area contributed by atoms with Crippen molar-refractivity contribution >= 4 is 16.9 Å². The van der Waals surface area contributed by atoms with Gasteiger partial charge >= 0.3 is 0 Å². The maximum Gasteiger partial charge on any atom is 0.251 e. The Labute approximate surface area is 175 Å². The molecule has 0 atom stereocenters. The number of carbonyl (C=O) groups is 1. The zero-order valence-corrected chi connectivity index (χ0v) is 16.1. The third kappa shape index (κ3) is 3.78. The molecule has 0 bridgehead atoms. The van der Waals surface area contributed by atoms with E-state index in [0.29, 0.717) is 45.9 Å². The van der Waals surface area contributed by atoms with Crippen molar-refractivity contribution in [2.45, 2.75) is 6.54 Å². The van der Waals surface area contributed by atoms with Crippen LogP contribution >= 0.6 is 0 Å². The van der Waals surface area contributed by atoms with Crippen LogP contribution in [0.4, 0.5) is 4.39 Å². The number of halogens is 1. The summed E-state index contributed by atoms with van der Waals surface area (Å²) in [6.07, 6.45) is 4.83. The standard InChI is InChI=1S/C23H15FN4O3/c24-17-6-3-15(4-7-17)23-27-19(13-30-23)21-18-10-16(5-8-20(18)31-28-21)22(29)26-12-14-2-1-9-25-11-14/h1-11,13H,12H2,(H,26,29). The SMILES string of the molecule is O=C(NCc1cccnc1)c1ccc2onc(-c3coc(-c4ccc(F)cc4)n3)c2c1. The molecular weight excluding hydrogens is 399 g/mol. The summed E-state index contributed by atoms with van der Waals surface area (Å²) in [7, 11) is 0. The fourth-order valence-corrected chi connectivity index (χ4v) is 3.16. The molecule has 152 valence electrons. The predicted molar refractivity (Wildman–Crippen MR) is 110 cm³/mol. The molecule has 3 heterocycles. The Morgan fingerprint density at radius 1 is 1.10 bits per heavy atom. The molecular formula is C23H15FN4O3. The Morgan fingerprint density at radius 2 is 1.97 bits per heavy atom. The van der Waals surface area contributed by atoms with Crippen molar-refractivity contribution in [3.63, 3.8) is 0 Å². The second kappa shape index (κ2) is 7.83. The number of pyridine rings is 1. The topological polar surface area (TPSA) is 94.1 Å². The van der Waals surface area contributed by atoms with Gasteiger partial charge in [0.05, 0.1) is 5.39 Å². The Kier molecular flexibility index (Phi) is 4.72. The number of hydrogen-bond acceptors (Lipinski definition) is 6. The van der Waals surface area contributed by atoms with Gasteiger partial charge in [0.1, 0.15) is 23.5 Å². The lowest BCUT2D eigenvalue weighted by molar-refractivity contribution is 0.0951. The Morgan fingerprint density at radius 3 is 2.77 bits per heavy atom. The van der Waals surface area contributed by atoms with Crippen LogP contribution in [0.25, 0.3) is 33.8 Å². The van der Waals surface area contributed by atoms with Crippen LogP contribution in [0, 0.1) is 5.82 Å². The second-order valence-corrected chi connectivity index (χ2v) is 6.83. The molecule has 31 heavy (non-hydrogen) atoms. The van der Waals surface area contributed by atoms with Gasteiger partial charge in [-0.15, -0.1) is 0 Å². The summed E-state index contributed by atoms with van der Waals surface area (Å²) in [5.74, 6) is -0.242. The van der Waals surface area contributed by atoms with E-state index in [1.165, 1.54) is 18.4 Å². The summed E-state index contributed by atoms with van der Waals surface area (Å²) in [4.78, 5) is 21.1. The summed E-state index contributed by atoms with van der Waals surface area (Å²) < 4.78 is 24.1. The van der Waals surface area contributed by atoms with E-state index in [-0.39, 0.29) is 11.7 Å². The van der Waals surface area contributed by atoms with Gasteiger partial charge in [0.15, 0.2) is 5.58 Å². The normalized spacial score (nSPS) is 11.0. The Balaban J connectivity index is 1.41. The number of hydrogen-bond donors (Lipinski definition) is 1. The third-order valence-electron chi connectivity index (χ3n) is 4.75. The van der Waals surface area contributed by atoms with Crippen LogP contribution in [0.5, 0.6) is 0 Å². The minimum atomic E-state index is -0.340. The van der Waals surface area contributed by atoms with Crippen molar-refractivity contribution in [1.82, 2.24) is 20.4 Å². The molecule has 0 spiro atoms. The van der Waals surface area contributed by atoms with Crippen molar-refractivity contribution < 1.29 is 18.1 Å². The number of aromatic nitrogens is 3. The molecule has 5 aromatic rings. The van der Waals surface area contributed by atoms with Gasteiger partial charge in [-0.1, -0.05) is 11.2 Å². The van der Waals surface area contributed by atoms with Gasteiger partial charge in [-0.2, -0.15) is 0 Å². The number of rotatable bonds is 5. The largest absolute Gasteiger partial charge is 0.444 e. The predicted octanol–water partition coefficient (Wildman–Crippen LogP) is 4.61. The highest BCUT2D eigenvalue weighted by molar-refractivity contribution is 6.00. The maximum absolute atomic E-state index is 13.2. The highest BCUT2D eigenvalue weighted by atomic mass is 19.1. The molecule has 1 amide bonds. The smallest absolute Gasteiger partial charge is 0.251 e. The number of nitrogens with one attached hydrogen (secondary N) is 1. The van der Waals surface area contributed by atoms with Crippen molar-refractivity contribution in [2.24, 2.45) is 0 Å². The summed E-state index contributed by atoms with van der Waals surface area (Å²) in [6, 6.07) is 14.6. The van der Waals surface area contributed by atoms with Crippen molar-refractivity contribution in [1.29, 1.82) is 0 Å². The van der Waals surface area contributed by atoms with Crippen molar-refractivity contribution in [3.05, 3.63) is 90.2 Å². The van der Waals surface area contributed by atoms with E-state index >= 15 is 0 Å². The minimum absolute atomic E-state index is 0.231. The van der Waals surface area contributed by atoms with Crippen LogP contribution in [0.15, 0.2) is 82.2 Å². The molecule has 5 rings (SSSR count). The van der Waals surface area contributed by atoms with E-state index < -0.39 is 0 Å². The van der Waals surface area contributed by atoms with Gasteiger partial charge < -0.3 is 14.3 Å². The van der Waals surface area contributed by atoms with E-state index in [4.69, 9.17) is 8.94 Å². The summed E-state index contributed by atoms with van der Waals surface area (Å²) in [5.41, 5.74) is 3.42.